The number of hydrogen-bond acceptors (Lipinski definition) is 3. The second kappa shape index (κ2) is 14.7. The summed E-state index contributed by atoms with van der Waals surface area (Å²) in [5.41, 5.74) is 4.97. The molecule has 0 rings (SSSR count). The summed E-state index contributed by atoms with van der Waals surface area (Å²) in [6, 6.07) is -1.22. The Morgan fingerprint density at radius 2 is 1.36 bits per heavy atom. The smallest absolute Gasteiger partial charge is 0.326 e. The molecule has 6 nitrogen and oxygen atoms in total. The van der Waals surface area contributed by atoms with E-state index in [0.29, 0.717) is 0 Å². The van der Waals surface area contributed by atoms with E-state index < -0.39 is 17.9 Å². The highest BCUT2D eigenvalue weighted by molar-refractivity contribution is 5.88. The van der Waals surface area contributed by atoms with E-state index in [1.807, 2.05) is 0 Å². The second-order valence-electron chi connectivity index (χ2n) is 7.24. The van der Waals surface area contributed by atoms with E-state index in [4.69, 9.17) is 10.8 Å². The summed E-state index contributed by atoms with van der Waals surface area (Å²) >= 11 is 0. The van der Waals surface area contributed by atoms with E-state index in [1.54, 1.807) is 0 Å². The number of nitrogens with two attached hydrogens (primary N) is 1. The van der Waals surface area contributed by atoms with Gasteiger partial charge in [0.1, 0.15) is 6.04 Å². The van der Waals surface area contributed by atoms with E-state index in [-0.39, 0.29) is 18.7 Å². The fraction of sp³-hybridized carbons (Fsp3) is 0.842. The maximum absolute atomic E-state index is 11.7. The molecule has 0 radical (unpaired) electrons. The van der Waals surface area contributed by atoms with Crippen LogP contribution in [0, 0.1) is 5.92 Å². The Hall–Kier alpha value is -1.59. The van der Waals surface area contributed by atoms with E-state index in [0.717, 1.165) is 25.2 Å². The number of amides is 2. The molecule has 0 aromatic heterocycles. The molecule has 1 atom stereocenters. The molecule has 25 heavy (non-hydrogen) atoms. The molecule has 0 fully saturated rings. The minimum atomic E-state index is -1.24. The van der Waals surface area contributed by atoms with Crippen LogP contribution in [0.3, 0.4) is 0 Å². The highest BCUT2D eigenvalue weighted by atomic mass is 16.4. The van der Waals surface area contributed by atoms with Crippen LogP contribution in [0.4, 0.5) is 0 Å². The summed E-state index contributed by atoms with van der Waals surface area (Å²) in [4.78, 5) is 33.4. The zero-order valence-corrected chi connectivity index (χ0v) is 15.9. The molecule has 6 heteroatoms. The first-order valence-electron chi connectivity index (χ1n) is 9.63. The molecular weight excluding hydrogens is 320 g/mol. The van der Waals surface area contributed by atoms with Crippen molar-refractivity contribution in [3.8, 4) is 0 Å². The van der Waals surface area contributed by atoms with Gasteiger partial charge in [-0.1, -0.05) is 71.6 Å². The first kappa shape index (κ1) is 23.4. The van der Waals surface area contributed by atoms with Gasteiger partial charge in [0.15, 0.2) is 0 Å². The summed E-state index contributed by atoms with van der Waals surface area (Å²) in [7, 11) is 0. The van der Waals surface area contributed by atoms with Crippen molar-refractivity contribution in [2.75, 3.05) is 0 Å². The molecule has 0 aromatic carbocycles. The van der Waals surface area contributed by atoms with Crippen molar-refractivity contribution in [3.05, 3.63) is 0 Å². The Balaban J connectivity index is 3.53. The predicted octanol–water partition coefficient (Wildman–Crippen LogP) is 3.38. The van der Waals surface area contributed by atoms with E-state index in [9.17, 15) is 14.4 Å². The minimum Gasteiger partial charge on any atom is -0.480 e. The Kier molecular flexibility index (Phi) is 13.8. The van der Waals surface area contributed by atoms with Crippen LogP contribution in [0.25, 0.3) is 0 Å². The molecule has 0 aliphatic heterocycles. The number of nitrogens with one attached hydrogen (secondary N) is 1. The van der Waals surface area contributed by atoms with Crippen molar-refractivity contribution in [2.45, 2.75) is 96.9 Å². The number of aliphatic carboxylic acids is 1. The van der Waals surface area contributed by atoms with Crippen LogP contribution in [0.5, 0.6) is 0 Å². The van der Waals surface area contributed by atoms with Crippen LogP contribution >= 0.6 is 0 Å². The lowest BCUT2D eigenvalue weighted by Crippen LogP contribution is -2.43. The molecule has 146 valence electrons. The van der Waals surface area contributed by atoms with Crippen LogP contribution in [-0.4, -0.2) is 28.9 Å². The monoisotopic (exact) mass is 356 g/mol. The molecule has 0 spiro atoms. The van der Waals surface area contributed by atoms with Gasteiger partial charge in [0.2, 0.25) is 11.8 Å². The average molecular weight is 357 g/mol. The largest absolute Gasteiger partial charge is 0.480 e. The standard InChI is InChI=1S/C19H36N2O4/c1-15(2)12-10-8-6-4-3-5-7-9-11-13-18(23)21-16(19(24)25)14-17(20)22/h15-16H,3-14H2,1-2H3,(H2,20,22)(H,21,23)(H,24,25). The molecular formula is C19H36N2O4. The minimum absolute atomic E-state index is 0.289. The van der Waals surface area contributed by atoms with Gasteiger partial charge in [-0.25, -0.2) is 4.79 Å². The van der Waals surface area contributed by atoms with Gasteiger partial charge in [-0.15, -0.1) is 0 Å². The molecule has 0 aliphatic carbocycles. The lowest BCUT2D eigenvalue weighted by molar-refractivity contribution is -0.143. The normalized spacial score (nSPS) is 12.1. The zero-order valence-electron chi connectivity index (χ0n) is 15.9. The second-order valence-corrected chi connectivity index (χ2v) is 7.24. The number of rotatable bonds is 16. The third kappa shape index (κ3) is 15.7. The van der Waals surface area contributed by atoms with Crippen molar-refractivity contribution in [1.82, 2.24) is 5.32 Å². The Labute approximate surface area is 151 Å². The van der Waals surface area contributed by atoms with E-state index in [2.05, 4.69) is 19.2 Å². The molecule has 1 unspecified atom stereocenters. The van der Waals surface area contributed by atoms with Gasteiger partial charge in [0, 0.05) is 6.42 Å². The molecule has 0 saturated heterocycles. The Morgan fingerprint density at radius 3 is 1.80 bits per heavy atom. The van der Waals surface area contributed by atoms with Gasteiger partial charge in [-0.3, -0.25) is 9.59 Å². The number of carbonyl (C=O) groups is 3. The van der Waals surface area contributed by atoms with Crippen LogP contribution < -0.4 is 11.1 Å². The number of unbranched alkanes of at least 4 members (excludes halogenated alkanes) is 8. The third-order valence-corrected chi connectivity index (χ3v) is 4.22. The quantitative estimate of drug-likeness (QED) is 0.368. The topological polar surface area (TPSA) is 109 Å². The fourth-order valence-corrected chi connectivity index (χ4v) is 2.74. The highest BCUT2D eigenvalue weighted by Gasteiger charge is 2.21. The van der Waals surface area contributed by atoms with Crippen molar-refractivity contribution in [3.63, 3.8) is 0 Å². The van der Waals surface area contributed by atoms with Crippen molar-refractivity contribution < 1.29 is 19.5 Å². The van der Waals surface area contributed by atoms with Gasteiger partial charge in [-0.2, -0.15) is 0 Å². The SMILES string of the molecule is CC(C)CCCCCCCCCCCC(=O)NC(CC(N)=O)C(=O)O. The number of primary amides is 1. The Bertz CT molecular complexity index is 397. The molecule has 0 heterocycles. The highest BCUT2D eigenvalue weighted by Crippen LogP contribution is 2.13. The Morgan fingerprint density at radius 1 is 0.880 bits per heavy atom. The summed E-state index contributed by atoms with van der Waals surface area (Å²) in [5, 5.41) is 11.3. The van der Waals surface area contributed by atoms with Crippen molar-refractivity contribution >= 4 is 17.8 Å². The average Bonchev–Trinajstić information content (AvgIpc) is 2.51. The van der Waals surface area contributed by atoms with Gasteiger partial charge in [0.25, 0.3) is 0 Å². The lowest BCUT2D eigenvalue weighted by Gasteiger charge is -2.12. The van der Waals surface area contributed by atoms with Crippen LogP contribution in [0.2, 0.25) is 0 Å². The van der Waals surface area contributed by atoms with E-state index >= 15 is 0 Å². The van der Waals surface area contributed by atoms with E-state index in [1.165, 1.54) is 44.9 Å². The first-order chi connectivity index (χ1) is 11.8. The van der Waals surface area contributed by atoms with Crippen molar-refractivity contribution in [2.24, 2.45) is 11.7 Å². The number of carboxylic acid groups (broad SMARTS) is 1. The molecule has 0 aromatic rings. The molecule has 0 bridgehead atoms. The summed E-state index contributed by atoms with van der Waals surface area (Å²) in [5.74, 6) is -1.50. The molecule has 0 saturated carbocycles. The van der Waals surface area contributed by atoms with Gasteiger partial charge in [-0.05, 0) is 12.3 Å². The number of carbonyl (C=O) groups excluding carboxylic acids is 2. The zero-order chi connectivity index (χ0) is 19.1. The maximum atomic E-state index is 11.7. The number of carboxylic acids is 1. The van der Waals surface area contributed by atoms with Gasteiger partial charge < -0.3 is 16.2 Å². The third-order valence-electron chi connectivity index (χ3n) is 4.22. The van der Waals surface area contributed by atoms with Gasteiger partial charge in [0.05, 0.1) is 6.42 Å². The maximum Gasteiger partial charge on any atom is 0.326 e. The molecule has 4 N–H and O–H groups in total. The summed E-state index contributed by atoms with van der Waals surface area (Å²) in [6.07, 6.45) is 11.7. The van der Waals surface area contributed by atoms with Crippen LogP contribution in [-0.2, 0) is 14.4 Å². The first-order valence-corrected chi connectivity index (χ1v) is 9.63. The van der Waals surface area contributed by atoms with Crippen LogP contribution in [0.15, 0.2) is 0 Å². The molecule has 2 amide bonds. The predicted molar refractivity (Wildman–Crippen MR) is 99.0 cm³/mol. The fourth-order valence-electron chi connectivity index (χ4n) is 2.74. The number of hydrogen-bond donors (Lipinski definition) is 3. The summed E-state index contributed by atoms with van der Waals surface area (Å²) < 4.78 is 0. The van der Waals surface area contributed by atoms with Crippen molar-refractivity contribution in [1.29, 1.82) is 0 Å². The van der Waals surface area contributed by atoms with Crippen LogP contribution in [0.1, 0.15) is 90.9 Å². The lowest BCUT2D eigenvalue weighted by atomic mass is 10.0. The summed E-state index contributed by atoms with van der Waals surface area (Å²) in [6.45, 7) is 4.53. The van der Waals surface area contributed by atoms with Gasteiger partial charge >= 0.3 is 5.97 Å². The molecule has 0 aliphatic rings.